The molecule has 1 aromatic heterocycles. The Labute approximate surface area is 137 Å². The molecule has 126 valence electrons. The van der Waals surface area contributed by atoms with Crippen molar-refractivity contribution < 1.29 is 23.9 Å². The molecule has 9 nitrogen and oxygen atoms in total. The number of aromatic nitrogens is 2. The van der Waals surface area contributed by atoms with Gasteiger partial charge in [-0.25, -0.2) is 14.4 Å². The number of methoxy groups -OCH3 is 2. The number of aryl methyl sites for hydroxylation is 1. The van der Waals surface area contributed by atoms with Crippen LogP contribution in [-0.4, -0.2) is 42.0 Å². The van der Waals surface area contributed by atoms with Crippen molar-refractivity contribution in [3.63, 3.8) is 0 Å². The van der Waals surface area contributed by atoms with Gasteiger partial charge in [0, 0.05) is 13.1 Å². The van der Waals surface area contributed by atoms with Gasteiger partial charge in [0.25, 0.3) is 0 Å². The van der Waals surface area contributed by atoms with Crippen molar-refractivity contribution in [2.75, 3.05) is 24.9 Å². The van der Waals surface area contributed by atoms with Crippen LogP contribution >= 0.6 is 0 Å². The second-order valence-corrected chi connectivity index (χ2v) is 4.66. The van der Waals surface area contributed by atoms with E-state index in [1.165, 1.54) is 43.3 Å². The van der Waals surface area contributed by atoms with Gasteiger partial charge in [0.05, 0.1) is 37.2 Å². The normalized spacial score (nSPS) is 9.96. The van der Waals surface area contributed by atoms with Crippen LogP contribution in [0.25, 0.3) is 0 Å². The number of ether oxygens (including phenoxy) is 2. The Hall–Kier alpha value is -3.36. The van der Waals surface area contributed by atoms with Crippen LogP contribution in [0.2, 0.25) is 0 Å². The SMILES string of the molecule is COC(=O)c1ccc(C(=O)OC)c(NC(=O)Nc2ccnn2C)c1. The van der Waals surface area contributed by atoms with E-state index in [0.717, 1.165) is 0 Å². The zero-order valence-electron chi connectivity index (χ0n) is 13.3. The fourth-order valence-corrected chi connectivity index (χ4v) is 1.95. The summed E-state index contributed by atoms with van der Waals surface area (Å²) in [5, 5.41) is 9.00. The van der Waals surface area contributed by atoms with Crippen LogP contribution in [0, 0.1) is 0 Å². The molecule has 0 fully saturated rings. The monoisotopic (exact) mass is 332 g/mol. The summed E-state index contributed by atoms with van der Waals surface area (Å²) in [5.41, 5.74) is 0.399. The van der Waals surface area contributed by atoms with Crippen molar-refractivity contribution in [3.8, 4) is 0 Å². The zero-order valence-corrected chi connectivity index (χ0v) is 13.3. The number of benzene rings is 1. The smallest absolute Gasteiger partial charge is 0.339 e. The summed E-state index contributed by atoms with van der Waals surface area (Å²) >= 11 is 0. The summed E-state index contributed by atoms with van der Waals surface area (Å²) in [4.78, 5) is 35.6. The van der Waals surface area contributed by atoms with Crippen molar-refractivity contribution in [2.45, 2.75) is 0 Å². The maximum Gasteiger partial charge on any atom is 0.339 e. The minimum atomic E-state index is -0.651. The number of urea groups is 1. The van der Waals surface area contributed by atoms with Gasteiger partial charge in [-0.1, -0.05) is 0 Å². The number of rotatable bonds is 4. The lowest BCUT2D eigenvalue weighted by molar-refractivity contribution is 0.0587. The summed E-state index contributed by atoms with van der Waals surface area (Å²) < 4.78 is 10.8. The molecule has 0 spiro atoms. The number of carbonyl (C=O) groups is 3. The number of esters is 2. The number of nitrogens with zero attached hydrogens (tertiary/aromatic N) is 2. The molecule has 9 heteroatoms. The molecule has 0 aliphatic carbocycles. The van der Waals surface area contributed by atoms with E-state index in [-0.39, 0.29) is 16.8 Å². The summed E-state index contributed by atoms with van der Waals surface area (Å²) in [5.74, 6) is -0.792. The molecule has 2 N–H and O–H groups in total. The van der Waals surface area contributed by atoms with Crippen LogP contribution in [0.5, 0.6) is 0 Å². The highest BCUT2D eigenvalue weighted by atomic mass is 16.5. The fraction of sp³-hybridized carbons (Fsp3) is 0.200. The number of amides is 2. The Kier molecular flexibility index (Phi) is 5.15. The molecule has 1 heterocycles. The van der Waals surface area contributed by atoms with Crippen molar-refractivity contribution in [2.24, 2.45) is 7.05 Å². The highest BCUT2D eigenvalue weighted by molar-refractivity contribution is 6.06. The molecular weight excluding hydrogens is 316 g/mol. The van der Waals surface area contributed by atoms with Crippen LogP contribution in [-0.2, 0) is 16.5 Å². The summed E-state index contributed by atoms with van der Waals surface area (Å²) in [7, 11) is 4.11. The minimum absolute atomic E-state index is 0.102. The minimum Gasteiger partial charge on any atom is -0.465 e. The number of nitrogens with one attached hydrogen (secondary N) is 2. The first kappa shape index (κ1) is 17.0. The zero-order chi connectivity index (χ0) is 17.7. The third-order valence-corrected chi connectivity index (χ3v) is 3.16. The van der Waals surface area contributed by atoms with Crippen LogP contribution in [0.4, 0.5) is 16.3 Å². The molecule has 0 aliphatic heterocycles. The average Bonchev–Trinajstić information content (AvgIpc) is 2.98. The van der Waals surface area contributed by atoms with Gasteiger partial charge in [-0.05, 0) is 18.2 Å². The van der Waals surface area contributed by atoms with Crippen LogP contribution < -0.4 is 10.6 Å². The lowest BCUT2D eigenvalue weighted by Crippen LogP contribution is -2.23. The molecule has 1 aromatic carbocycles. The van der Waals surface area contributed by atoms with Crippen molar-refractivity contribution >= 4 is 29.5 Å². The number of hydrogen-bond acceptors (Lipinski definition) is 6. The van der Waals surface area contributed by atoms with E-state index >= 15 is 0 Å². The summed E-state index contributed by atoms with van der Waals surface area (Å²) in [6.07, 6.45) is 1.52. The topological polar surface area (TPSA) is 112 Å². The third kappa shape index (κ3) is 3.69. The van der Waals surface area contributed by atoms with E-state index in [9.17, 15) is 14.4 Å². The number of hydrogen-bond donors (Lipinski definition) is 2. The van der Waals surface area contributed by atoms with E-state index in [1.807, 2.05) is 0 Å². The maximum atomic E-state index is 12.1. The predicted octanol–water partition coefficient (Wildman–Crippen LogP) is 1.64. The Bertz CT molecular complexity index is 784. The van der Waals surface area contributed by atoms with Gasteiger partial charge in [0.1, 0.15) is 5.82 Å². The first-order valence-corrected chi connectivity index (χ1v) is 6.83. The number of anilines is 2. The van der Waals surface area contributed by atoms with Crippen LogP contribution in [0.1, 0.15) is 20.7 Å². The standard InChI is InChI=1S/C15H16N4O5/c1-19-12(6-7-16-19)18-15(22)17-11-8-9(13(20)23-2)4-5-10(11)14(21)24-3/h4-8H,1-3H3,(H2,17,18,22). The Morgan fingerprint density at radius 1 is 1.04 bits per heavy atom. The summed E-state index contributed by atoms with van der Waals surface area (Å²) in [6, 6.07) is 5.11. The van der Waals surface area contributed by atoms with Gasteiger partial charge < -0.3 is 14.8 Å². The molecular formula is C15H16N4O5. The number of carbonyl (C=O) groups excluding carboxylic acids is 3. The molecule has 0 radical (unpaired) electrons. The Morgan fingerprint density at radius 3 is 2.33 bits per heavy atom. The van der Waals surface area contributed by atoms with Gasteiger partial charge in [-0.2, -0.15) is 5.10 Å². The molecule has 0 saturated carbocycles. The second kappa shape index (κ2) is 7.27. The second-order valence-electron chi connectivity index (χ2n) is 4.66. The molecule has 2 aromatic rings. The van der Waals surface area contributed by atoms with Gasteiger partial charge >= 0.3 is 18.0 Å². The van der Waals surface area contributed by atoms with Gasteiger partial charge in [-0.3, -0.25) is 10.00 Å². The van der Waals surface area contributed by atoms with Crippen molar-refractivity contribution in [1.82, 2.24) is 9.78 Å². The Balaban J connectivity index is 2.28. The molecule has 0 aliphatic rings. The van der Waals surface area contributed by atoms with E-state index in [2.05, 4.69) is 25.2 Å². The average molecular weight is 332 g/mol. The molecule has 0 atom stereocenters. The quantitative estimate of drug-likeness (QED) is 0.823. The first-order chi connectivity index (χ1) is 11.5. The van der Waals surface area contributed by atoms with Crippen LogP contribution in [0.15, 0.2) is 30.5 Å². The highest BCUT2D eigenvalue weighted by Gasteiger charge is 2.17. The van der Waals surface area contributed by atoms with E-state index in [0.29, 0.717) is 5.82 Å². The first-order valence-electron chi connectivity index (χ1n) is 6.83. The van der Waals surface area contributed by atoms with Gasteiger partial charge in [0.15, 0.2) is 0 Å². The lowest BCUT2D eigenvalue weighted by atomic mass is 10.1. The molecule has 24 heavy (non-hydrogen) atoms. The van der Waals surface area contributed by atoms with Gasteiger partial charge in [0.2, 0.25) is 0 Å². The molecule has 2 amide bonds. The molecule has 0 bridgehead atoms. The largest absolute Gasteiger partial charge is 0.465 e. The van der Waals surface area contributed by atoms with Gasteiger partial charge in [-0.15, -0.1) is 0 Å². The Morgan fingerprint density at radius 2 is 1.75 bits per heavy atom. The third-order valence-electron chi connectivity index (χ3n) is 3.16. The van der Waals surface area contributed by atoms with E-state index < -0.39 is 18.0 Å². The van der Waals surface area contributed by atoms with Crippen molar-refractivity contribution in [1.29, 1.82) is 0 Å². The fourth-order valence-electron chi connectivity index (χ4n) is 1.95. The van der Waals surface area contributed by atoms with E-state index in [1.54, 1.807) is 13.1 Å². The molecule has 0 unspecified atom stereocenters. The summed E-state index contributed by atoms with van der Waals surface area (Å²) in [6.45, 7) is 0. The highest BCUT2D eigenvalue weighted by Crippen LogP contribution is 2.20. The van der Waals surface area contributed by atoms with E-state index in [4.69, 9.17) is 0 Å². The lowest BCUT2D eigenvalue weighted by Gasteiger charge is -2.12. The van der Waals surface area contributed by atoms with Crippen molar-refractivity contribution in [3.05, 3.63) is 41.6 Å². The maximum absolute atomic E-state index is 12.1. The molecule has 0 saturated heterocycles. The predicted molar refractivity (Wildman–Crippen MR) is 85.0 cm³/mol. The van der Waals surface area contributed by atoms with Crippen LogP contribution in [0.3, 0.4) is 0 Å². The molecule has 2 rings (SSSR count).